The van der Waals surface area contributed by atoms with Crippen molar-refractivity contribution in [2.75, 3.05) is 20.3 Å². The number of ether oxygens (including phenoxy) is 2. The first-order valence-electron chi connectivity index (χ1n) is 7.21. The number of para-hydroxylation sites is 1. The summed E-state index contributed by atoms with van der Waals surface area (Å²) in [4.78, 5) is 0. The van der Waals surface area contributed by atoms with E-state index in [1.54, 1.807) is 7.11 Å². The van der Waals surface area contributed by atoms with E-state index in [1.165, 1.54) is 0 Å². The van der Waals surface area contributed by atoms with Gasteiger partial charge in [0.15, 0.2) is 0 Å². The monoisotopic (exact) mass is 286 g/mol. The molecule has 0 aliphatic heterocycles. The predicted molar refractivity (Wildman–Crippen MR) is 83.5 cm³/mol. The smallest absolute Gasteiger partial charge is 0.141 e. The van der Waals surface area contributed by atoms with Crippen LogP contribution >= 0.6 is 0 Å². The van der Waals surface area contributed by atoms with Gasteiger partial charge in [-0.25, -0.2) is 0 Å². The molecule has 0 aliphatic rings. The van der Waals surface area contributed by atoms with Gasteiger partial charge in [-0.1, -0.05) is 55.5 Å². The molecule has 0 radical (unpaired) electrons. The van der Waals surface area contributed by atoms with Crippen molar-refractivity contribution in [2.24, 2.45) is 0 Å². The first-order valence-corrected chi connectivity index (χ1v) is 7.21. The number of hydrogen-bond acceptors (Lipinski definition) is 3. The minimum Gasteiger partial charge on any atom is -0.493 e. The largest absolute Gasteiger partial charge is 0.493 e. The lowest BCUT2D eigenvalue weighted by atomic mass is 9.86. The van der Waals surface area contributed by atoms with Crippen LogP contribution in [-0.2, 0) is 10.3 Å². The Morgan fingerprint density at radius 2 is 1.67 bits per heavy atom. The van der Waals surface area contributed by atoms with Gasteiger partial charge in [0, 0.05) is 12.7 Å². The van der Waals surface area contributed by atoms with Gasteiger partial charge in [-0.05, 0) is 18.1 Å². The Labute approximate surface area is 126 Å². The first kappa shape index (κ1) is 15.5. The standard InChI is InChI=1S/C18H22O3/c1-3-13-21-17-12-8-7-11-16(17)18(19,14-20-2)15-9-5-4-6-10-15/h4-12,19H,3,13-14H2,1-2H3. The van der Waals surface area contributed by atoms with Crippen LogP contribution in [0.3, 0.4) is 0 Å². The SMILES string of the molecule is CCCOc1ccccc1C(O)(COC)c1ccccc1. The van der Waals surface area contributed by atoms with Gasteiger partial charge in [-0.15, -0.1) is 0 Å². The molecule has 0 aromatic heterocycles. The third kappa shape index (κ3) is 3.43. The highest BCUT2D eigenvalue weighted by Gasteiger charge is 2.34. The second-order valence-corrected chi connectivity index (χ2v) is 5.00. The lowest BCUT2D eigenvalue weighted by molar-refractivity contribution is -0.00514. The zero-order valence-electron chi connectivity index (χ0n) is 12.6. The van der Waals surface area contributed by atoms with Gasteiger partial charge in [0.1, 0.15) is 11.4 Å². The zero-order valence-corrected chi connectivity index (χ0v) is 12.6. The summed E-state index contributed by atoms with van der Waals surface area (Å²) in [6.45, 7) is 2.85. The number of benzene rings is 2. The van der Waals surface area contributed by atoms with Crippen molar-refractivity contribution in [1.29, 1.82) is 0 Å². The average Bonchev–Trinajstić information content (AvgIpc) is 2.54. The molecule has 0 fully saturated rings. The van der Waals surface area contributed by atoms with E-state index in [1.807, 2.05) is 54.6 Å². The molecule has 3 heteroatoms. The van der Waals surface area contributed by atoms with Gasteiger partial charge in [0.2, 0.25) is 0 Å². The summed E-state index contributed by atoms with van der Waals surface area (Å²) in [6, 6.07) is 17.1. The van der Waals surface area contributed by atoms with Gasteiger partial charge in [-0.2, -0.15) is 0 Å². The maximum absolute atomic E-state index is 11.2. The van der Waals surface area contributed by atoms with Crippen LogP contribution < -0.4 is 4.74 Å². The summed E-state index contributed by atoms with van der Waals surface area (Å²) in [7, 11) is 1.59. The van der Waals surface area contributed by atoms with E-state index in [9.17, 15) is 5.11 Å². The lowest BCUT2D eigenvalue weighted by Crippen LogP contribution is -2.33. The normalized spacial score (nSPS) is 13.7. The summed E-state index contributed by atoms with van der Waals surface area (Å²) in [5.41, 5.74) is 0.297. The number of hydrogen-bond donors (Lipinski definition) is 1. The molecule has 0 bridgehead atoms. The second-order valence-electron chi connectivity index (χ2n) is 5.00. The quantitative estimate of drug-likeness (QED) is 0.848. The minimum atomic E-state index is -1.22. The molecular formula is C18H22O3. The van der Waals surface area contributed by atoms with E-state index in [0.717, 1.165) is 17.5 Å². The lowest BCUT2D eigenvalue weighted by Gasteiger charge is -2.30. The van der Waals surface area contributed by atoms with Crippen molar-refractivity contribution in [1.82, 2.24) is 0 Å². The molecule has 0 spiro atoms. The van der Waals surface area contributed by atoms with E-state index in [0.29, 0.717) is 12.4 Å². The highest BCUT2D eigenvalue weighted by molar-refractivity contribution is 5.44. The molecule has 1 unspecified atom stereocenters. The summed E-state index contributed by atoms with van der Waals surface area (Å²) in [5, 5.41) is 11.2. The highest BCUT2D eigenvalue weighted by atomic mass is 16.5. The topological polar surface area (TPSA) is 38.7 Å². The molecule has 3 nitrogen and oxygen atoms in total. The van der Waals surface area contributed by atoms with Crippen LogP contribution in [-0.4, -0.2) is 25.4 Å². The zero-order chi connectivity index (χ0) is 15.1. The van der Waals surface area contributed by atoms with Crippen molar-refractivity contribution in [2.45, 2.75) is 18.9 Å². The molecule has 0 aliphatic carbocycles. The third-order valence-electron chi connectivity index (χ3n) is 3.40. The van der Waals surface area contributed by atoms with Gasteiger partial charge in [0.25, 0.3) is 0 Å². The minimum absolute atomic E-state index is 0.170. The molecule has 2 aromatic rings. The average molecular weight is 286 g/mol. The van der Waals surface area contributed by atoms with Crippen molar-refractivity contribution in [3.63, 3.8) is 0 Å². The molecule has 1 atom stereocenters. The van der Waals surface area contributed by atoms with Crippen molar-refractivity contribution in [3.05, 3.63) is 65.7 Å². The van der Waals surface area contributed by atoms with Crippen molar-refractivity contribution >= 4 is 0 Å². The van der Waals surface area contributed by atoms with E-state index in [4.69, 9.17) is 9.47 Å². The Morgan fingerprint density at radius 1 is 1.00 bits per heavy atom. The summed E-state index contributed by atoms with van der Waals surface area (Å²) in [6.07, 6.45) is 0.919. The molecule has 112 valence electrons. The highest BCUT2D eigenvalue weighted by Crippen LogP contribution is 2.36. The van der Waals surface area contributed by atoms with Crippen LogP contribution in [0.5, 0.6) is 5.75 Å². The van der Waals surface area contributed by atoms with Crippen LogP contribution in [0, 0.1) is 0 Å². The van der Waals surface area contributed by atoms with E-state index >= 15 is 0 Å². The van der Waals surface area contributed by atoms with Crippen molar-refractivity contribution < 1.29 is 14.6 Å². The third-order valence-corrected chi connectivity index (χ3v) is 3.40. The van der Waals surface area contributed by atoms with Gasteiger partial charge in [-0.3, -0.25) is 0 Å². The van der Waals surface area contributed by atoms with Crippen molar-refractivity contribution in [3.8, 4) is 5.75 Å². The van der Waals surface area contributed by atoms with E-state index in [2.05, 4.69) is 6.92 Å². The summed E-state index contributed by atoms with van der Waals surface area (Å²) >= 11 is 0. The Bertz CT molecular complexity index is 553. The maximum Gasteiger partial charge on any atom is 0.141 e. The molecular weight excluding hydrogens is 264 g/mol. The molecule has 0 saturated heterocycles. The first-order chi connectivity index (χ1) is 10.2. The van der Waals surface area contributed by atoms with Crippen LogP contribution in [0.1, 0.15) is 24.5 Å². The van der Waals surface area contributed by atoms with Gasteiger partial charge >= 0.3 is 0 Å². The molecule has 21 heavy (non-hydrogen) atoms. The van der Waals surface area contributed by atoms with Crippen LogP contribution in [0.25, 0.3) is 0 Å². The van der Waals surface area contributed by atoms with Crippen LogP contribution in [0.15, 0.2) is 54.6 Å². The molecule has 2 aromatic carbocycles. The van der Waals surface area contributed by atoms with Gasteiger partial charge in [0.05, 0.1) is 13.2 Å². The van der Waals surface area contributed by atoms with Gasteiger partial charge < -0.3 is 14.6 Å². The molecule has 0 heterocycles. The summed E-state index contributed by atoms with van der Waals surface area (Å²) in [5.74, 6) is 0.697. The number of aliphatic hydroxyl groups is 1. The Kier molecular flexibility index (Phi) is 5.37. The molecule has 0 saturated carbocycles. The maximum atomic E-state index is 11.2. The second kappa shape index (κ2) is 7.25. The number of rotatable bonds is 7. The predicted octanol–water partition coefficient (Wildman–Crippen LogP) is 3.36. The Morgan fingerprint density at radius 3 is 2.33 bits per heavy atom. The molecule has 0 amide bonds. The fourth-order valence-electron chi connectivity index (χ4n) is 2.39. The molecule has 2 rings (SSSR count). The Balaban J connectivity index is 2.48. The van der Waals surface area contributed by atoms with E-state index in [-0.39, 0.29) is 6.61 Å². The summed E-state index contributed by atoms with van der Waals surface area (Å²) < 4.78 is 11.1. The van der Waals surface area contributed by atoms with Crippen LogP contribution in [0.2, 0.25) is 0 Å². The van der Waals surface area contributed by atoms with Crippen LogP contribution in [0.4, 0.5) is 0 Å². The van der Waals surface area contributed by atoms with E-state index < -0.39 is 5.60 Å². The number of methoxy groups -OCH3 is 1. The fourth-order valence-corrected chi connectivity index (χ4v) is 2.39. The Hall–Kier alpha value is -1.84. The fraction of sp³-hybridized carbons (Fsp3) is 0.333. The molecule has 1 N–H and O–H groups in total.